The number of alkyl halides is 3. The van der Waals surface area contributed by atoms with Gasteiger partial charge in [0.25, 0.3) is 6.43 Å². The van der Waals surface area contributed by atoms with Crippen LogP contribution in [-0.2, 0) is 5.33 Å². The Morgan fingerprint density at radius 2 is 2.23 bits per heavy atom. The van der Waals surface area contributed by atoms with Gasteiger partial charge in [-0.3, -0.25) is 4.98 Å². The van der Waals surface area contributed by atoms with Crippen molar-refractivity contribution >= 4 is 38.5 Å². The second-order valence-corrected chi connectivity index (χ2v) is 3.97. The van der Waals surface area contributed by atoms with Crippen LogP contribution in [0.15, 0.2) is 6.20 Å². The molecule has 0 unspecified atom stereocenters. The summed E-state index contributed by atoms with van der Waals surface area (Å²) >= 11 is 4.76. The maximum absolute atomic E-state index is 12.4. The second kappa shape index (κ2) is 4.50. The molecule has 0 aromatic carbocycles. The maximum Gasteiger partial charge on any atom is 0.268 e. The predicted molar refractivity (Wildman–Crippen MR) is 56.2 cm³/mol. The summed E-state index contributed by atoms with van der Waals surface area (Å²) in [5.41, 5.74) is -0.110. The van der Waals surface area contributed by atoms with Crippen molar-refractivity contribution in [2.24, 2.45) is 0 Å². The minimum atomic E-state index is -2.67. The van der Waals surface area contributed by atoms with Crippen LogP contribution in [0, 0.1) is 3.57 Å². The first kappa shape index (κ1) is 11.1. The third kappa shape index (κ3) is 2.28. The molecule has 6 heteroatoms. The lowest BCUT2D eigenvalue weighted by molar-refractivity contribution is 0.146. The third-order valence-electron chi connectivity index (χ3n) is 1.46. The number of aromatic hydroxyl groups is 1. The van der Waals surface area contributed by atoms with Gasteiger partial charge in [0, 0.05) is 15.1 Å². The SMILES string of the molecule is Oc1c(CBr)ncc(I)c1C(F)F. The van der Waals surface area contributed by atoms with E-state index < -0.39 is 12.2 Å². The van der Waals surface area contributed by atoms with Gasteiger partial charge in [-0.2, -0.15) is 0 Å². The van der Waals surface area contributed by atoms with E-state index in [1.54, 1.807) is 22.6 Å². The minimum Gasteiger partial charge on any atom is -0.505 e. The summed E-state index contributed by atoms with van der Waals surface area (Å²) in [5.74, 6) is -0.418. The smallest absolute Gasteiger partial charge is 0.268 e. The van der Waals surface area contributed by atoms with Crippen molar-refractivity contribution in [2.45, 2.75) is 11.8 Å². The molecule has 72 valence electrons. The third-order valence-corrected chi connectivity index (χ3v) is 2.86. The van der Waals surface area contributed by atoms with E-state index in [4.69, 9.17) is 0 Å². The molecule has 0 aliphatic heterocycles. The molecule has 1 heterocycles. The average Bonchev–Trinajstić information content (AvgIpc) is 2.04. The van der Waals surface area contributed by atoms with Crippen LogP contribution in [-0.4, -0.2) is 10.1 Å². The molecular formula is C7H5BrF2INO. The van der Waals surface area contributed by atoms with Crippen molar-refractivity contribution in [2.75, 3.05) is 0 Å². The summed E-state index contributed by atoms with van der Waals surface area (Å²) in [7, 11) is 0. The number of pyridine rings is 1. The molecule has 0 bridgehead atoms. The van der Waals surface area contributed by atoms with E-state index in [2.05, 4.69) is 20.9 Å². The highest BCUT2D eigenvalue weighted by atomic mass is 127. The van der Waals surface area contributed by atoms with Gasteiger partial charge in [0.05, 0.1) is 11.3 Å². The van der Waals surface area contributed by atoms with Crippen LogP contribution in [0.3, 0.4) is 0 Å². The van der Waals surface area contributed by atoms with Crippen molar-refractivity contribution in [3.8, 4) is 5.75 Å². The summed E-state index contributed by atoms with van der Waals surface area (Å²) in [4.78, 5) is 3.80. The van der Waals surface area contributed by atoms with Gasteiger partial charge in [0.1, 0.15) is 5.75 Å². The largest absolute Gasteiger partial charge is 0.505 e. The average molecular weight is 364 g/mol. The molecule has 0 spiro atoms. The monoisotopic (exact) mass is 363 g/mol. The Morgan fingerprint density at radius 1 is 1.62 bits per heavy atom. The second-order valence-electron chi connectivity index (χ2n) is 2.25. The van der Waals surface area contributed by atoms with E-state index in [1.165, 1.54) is 6.20 Å². The topological polar surface area (TPSA) is 33.1 Å². The summed E-state index contributed by atoms with van der Waals surface area (Å²) in [6, 6.07) is 0. The number of halogens is 4. The Bertz CT molecular complexity index is 322. The van der Waals surface area contributed by atoms with Crippen molar-refractivity contribution in [1.82, 2.24) is 4.98 Å². The summed E-state index contributed by atoms with van der Waals surface area (Å²) in [5, 5.41) is 9.62. The van der Waals surface area contributed by atoms with Crippen LogP contribution in [0.25, 0.3) is 0 Å². The van der Waals surface area contributed by atoms with Gasteiger partial charge in [-0.15, -0.1) is 0 Å². The number of aromatic nitrogens is 1. The van der Waals surface area contributed by atoms with Crippen LogP contribution in [0.1, 0.15) is 17.7 Å². The van der Waals surface area contributed by atoms with Crippen LogP contribution in [0.4, 0.5) is 8.78 Å². The first-order valence-corrected chi connectivity index (χ1v) is 5.48. The van der Waals surface area contributed by atoms with Gasteiger partial charge in [-0.25, -0.2) is 8.78 Å². The number of rotatable bonds is 2. The van der Waals surface area contributed by atoms with Crippen molar-refractivity contribution < 1.29 is 13.9 Å². The Labute approximate surface area is 95.6 Å². The molecule has 1 aromatic heterocycles. The number of hydrogen-bond donors (Lipinski definition) is 1. The summed E-state index contributed by atoms with van der Waals surface area (Å²) in [6.07, 6.45) is -1.36. The molecule has 0 fully saturated rings. The van der Waals surface area contributed by atoms with Crippen LogP contribution in [0.5, 0.6) is 5.75 Å². The van der Waals surface area contributed by atoms with Crippen LogP contribution >= 0.6 is 38.5 Å². The van der Waals surface area contributed by atoms with Crippen molar-refractivity contribution in [1.29, 1.82) is 0 Å². The zero-order valence-electron chi connectivity index (χ0n) is 6.27. The molecule has 0 aliphatic rings. The quantitative estimate of drug-likeness (QED) is 0.646. The lowest BCUT2D eigenvalue weighted by atomic mass is 10.2. The molecule has 1 N–H and O–H groups in total. The Morgan fingerprint density at radius 3 is 2.69 bits per heavy atom. The van der Waals surface area contributed by atoms with E-state index >= 15 is 0 Å². The van der Waals surface area contributed by atoms with Gasteiger partial charge in [0.15, 0.2) is 0 Å². The molecule has 1 rings (SSSR count). The molecule has 0 atom stereocenters. The Balaban J connectivity index is 3.30. The van der Waals surface area contributed by atoms with E-state index in [9.17, 15) is 13.9 Å². The standard InChI is InChI=1S/C7H5BrF2INO/c8-1-4-6(13)5(7(9)10)3(11)2-12-4/h2,7,13H,1H2. The molecule has 0 radical (unpaired) electrons. The van der Waals surface area contributed by atoms with E-state index in [-0.39, 0.29) is 20.2 Å². The van der Waals surface area contributed by atoms with Gasteiger partial charge in [-0.1, -0.05) is 15.9 Å². The fourth-order valence-corrected chi connectivity index (χ4v) is 1.88. The first-order chi connectivity index (χ1) is 6.07. The lowest BCUT2D eigenvalue weighted by Crippen LogP contribution is -1.96. The number of nitrogens with zero attached hydrogens (tertiary/aromatic N) is 1. The molecule has 1 aromatic rings. The van der Waals surface area contributed by atoms with Crippen LogP contribution < -0.4 is 0 Å². The predicted octanol–water partition coefficient (Wildman–Crippen LogP) is 3.22. The maximum atomic E-state index is 12.4. The molecule has 0 saturated heterocycles. The van der Waals surface area contributed by atoms with Crippen molar-refractivity contribution in [3.63, 3.8) is 0 Å². The first-order valence-electron chi connectivity index (χ1n) is 3.28. The van der Waals surface area contributed by atoms with E-state index in [0.717, 1.165) is 0 Å². The fourth-order valence-electron chi connectivity index (χ4n) is 0.839. The highest BCUT2D eigenvalue weighted by Gasteiger charge is 2.19. The molecular weight excluding hydrogens is 359 g/mol. The Hall–Kier alpha value is 0.0200. The fraction of sp³-hybridized carbons (Fsp3) is 0.286. The minimum absolute atomic E-state index is 0.232. The lowest BCUT2D eigenvalue weighted by Gasteiger charge is -2.08. The van der Waals surface area contributed by atoms with Crippen molar-refractivity contribution in [3.05, 3.63) is 21.0 Å². The summed E-state index contributed by atoms with van der Waals surface area (Å²) < 4.78 is 25.1. The molecule has 0 amide bonds. The van der Waals surface area contributed by atoms with E-state index in [0.29, 0.717) is 0 Å². The van der Waals surface area contributed by atoms with E-state index in [1.807, 2.05) is 0 Å². The van der Waals surface area contributed by atoms with Gasteiger partial charge in [-0.05, 0) is 22.6 Å². The van der Waals surface area contributed by atoms with Gasteiger partial charge in [0.2, 0.25) is 0 Å². The highest BCUT2D eigenvalue weighted by Crippen LogP contribution is 2.34. The normalized spacial score (nSPS) is 10.8. The summed E-state index contributed by atoms with van der Waals surface area (Å²) in [6.45, 7) is 0. The molecule has 2 nitrogen and oxygen atoms in total. The highest BCUT2D eigenvalue weighted by molar-refractivity contribution is 14.1. The Kier molecular flexibility index (Phi) is 3.84. The molecule has 13 heavy (non-hydrogen) atoms. The van der Waals surface area contributed by atoms with Crippen LogP contribution in [0.2, 0.25) is 0 Å². The molecule has 0 saturated carbocycles. The number of hydrogen-bond acceptors (Lipinski definition) is 2. The van der Waals surface area contributed by atoms with Gasteiger partial charge < -0.3 is 5.11 Å². The zero-order valence-corrected chi connectivity index (χ0v) is 10.0. The molecule has 0 aliphatic carbocycles. The van der Waals surface area contributed by atoms with Gasteiger partial charge >= 0.3 is 0 Å². The zero-order chi connectivity index (χ0) is 10.0.